The predicted octanol–water partition coefficient (Wildman–Crippen LogP) is 3.32. The van der Waals surface area contributed by atoms with E-state index < -0.39 is 6.43 Å². The van der Waals surface area contributed by atoms with E-state index in [-0.39, 0.29) is 12.6 Å². The van der Waals surface area contributed by atoms with E-state index in [4.69, 9.17) is 0 Å². The van der Waals surface area contributed by atoms with Crippen LogP contribution in [-0.2, 0) is 0 Å². The second-order valence-corrected chi connectivity index (χ2v) is 4.17. The zero-order valence-corrected chi connectivity index (χ0v) is 9.65. The summed E-state index contributed by atoms with van der Waals surface area (Å²) in [6, 6.07) is 7.90. The third kappa shape index (κ3) is 4.18. The molecule has 4 heteroatoms. The smallest absolute Gasteiger partial charge is 0.250 e. The van der Waals surface area contributed by atoms with Gasteiger partial charge in [0, 0.05) is 10.9 Å². The van der Waals surface area contributed by atoms with E-state index in [1.54, 1.807) is 11.8 Å². The van der Waals surface area contributed by atoms with Crippen molar-refractivity contribution in [3.8, 4) is 0 Å². The number of benzene rings is 1. The van der Waals surface area contributed by atoms with Crippen molar-refractivity contribution in [2.75, 3.05) is 12.8 Å². The van der Waals surface area contributed by atoms with Crippen LogP contribution in [0.4, 0.5) is 8.78 Å². The summed E-state index contributed by atoms with van der Waals surface area (Å²) in [6.07, 6.45) is -0.286. The minimum absolute atomic E-state index is 0.0325. The van der Waals surface area contributed by atoms with Crippen LogP contribution < -0.4 is 5.32 Å². The molecule has 0 amide bonds. The molecular formula is C11H15F2NS. The maximum Gasteiger partial charge on any atom is 0.250 e. The Morgan fingerprint density at radius 2 is 1.87 bits per heavy atom. The Bertz CT molecular complexity index is 287. The fourth-order valence-electron chi connectivity index (χ4n) is 1.28. The number of hydrogen-bond donors (Lipinski definition) is 1. The molecule has 1 aromatic carbocycles. The van der Waals surface area contributed by atoms with Gasteiger partial charge in [0.15, 0.2) is 0 Å². The highest BCUT2D eigenvalue weighted by atomic mass is 32.2. The van der Waals surface area contributed by atoms with E-state index in [2.05, 4.69) is 5.32 Å². The Morgan fingerprint density at radius 1 is 1.27 bits per heavy atom. The number of nitrogens with one attached hydrogen (secondary N) is 1. The molecule has 0 aliphatic heterocycles. The molecule has 1 nitrogen and oxygen atoms in total. The lowest BCUT2D eigenvalue weighted by atomic mass is 10.1. The van der Waals surface area contributed by atoms with Gasteiger partial charge < -0.3 is 5.32 Å². The van der Waals surface area contributed by atoms with Gasteiger partial charge in [-0.15, -0.1) is 11.8 Å². The van der Waals surface area contributed by atoms with E-state index in [9.17, 15) is 8.78 Å². The van der Waals surface area contributed by atoms with Crippen LogP contribution in [0, 0.1) is 0 Å². The summed E-state index contributed by atoms with van der Waals surface area (Å²) in [6.45, 7) is 1.63. The van der Waals surface area contributed by atoms with E-state index in [0.717, 1.165) is 5.56 Å². The fraction of sp³-hybridized carbons (Fsp3) is 0.455. The second-order valence-electron chi connectivity index (χ2n) is 3.29. The van der Waals surface area contributed by atoms with E-state index in [0.29, 0.717) is 0 Å². The Balaban J connectivity index is 2.54. The predicted molar refractivity (Wildman–Crippen MR) is 60.6 cm³/mol. The lowest BCUT2D eigenvalue weighted by Crippen LogP contribution is -2.24. The first-order valence-corrected chi connectivity index (χ1v) is 6.01. The first-order chi connectivity index (χ1) is 7.13. The van der Waals surface area contributed by atoms with Crippen LogP contribution in [-0.4, -0.2) is 19.2 Å². The minimum Gasteiger partial charge on any atom is -0.305 e. The van der Waals surface area contributed by atoms with Crippen LogP contribution in [0.3, 0.4) is 0 Å². The summed E-state index contributed by atoms with van der Waals surface area (Å²) in [5.74, 6) is 0. The van der Waals surface area contributed by atoms with Crippen LogP contribution in [0.2, 0.25) is 0 Å². The molecule has 0 saturated heterocycles. The summed E-state index contributed by atoms with van der Waals surface area (Å²) in [5, 5.41) is 2.78. The van der Waals surface area contributed by atoms with Crippen molar-refractivity contribution in [2.45, 2.75) is 24.3 Å². The third-order valence-electron chi connectivity index (χ3n) is 2.19. The van der Waals surface area contributed by atoms with Crippen molar-refractivity contribution < 1.29 is 8.78 Å². The van der Waals surface area contributed by atoms with Crippen molar-refractivity contribution >= 4 is 11.8 Å². The highest BCUT2D eigenvalue weighted by molar-refractivity contribution is 7.98. The molecule has 1 N–H and O–H groups in total. The van der Waals surface area contributed by atoms with Gasteiger partial charge in [0.05, 0.1) is 6.54 Å². The Hall–Kier alpha value is -0.610. The quantitative estimate of drug-likeness (QED) is 0.780. The molecule has 0 aromatic heterocycles. The summed E-state index contributed by atoms with van der Waals surface area (Å²) in [7, 11) is 0. The van der Waals surface area contributed by atoms with Crippen molar-refractivity contribution in [3.63, 3.8) is 0 Å². The van der Waals surface area contributed by atoms with E-state index >= 15 is 0 Å². The molecule has 0 radical (unpaired) electrons. The van der Waals surface area contributed by atoms with Gasteiger partial charge in [0.1, 0.15) is 0 Å². The highest BCUT2D eigenvalue weighted by Crippen LogP contribution is 2.18. The van der Waals surface area contributed by atoms with E-state index in [1.165, 1.54) is 4.90 Å². The van der Waals surface area contributed by atoms with Gasteiger partial charge in [-0.3, -0.25) is 0 Å². The Kier molecular flexibility index (Phi) is 5.05. The summed E-state index contributed by atoms with van der Waals surface area (Å²) < 4.78 is 23.9. The molecule has 0 spiro atoms. The third-order valence-corrected chi connectivity index (χ3v) is 2.94. The molecule has 0 bridgehead atoms. The summed E-state index contributed by atoms with van der Waals surface area (Å²) in [5.41, 5.74) is 1.04. The van der Waals surface area contributed by atoms with Crippen LogP contribution in [0.25, 0.3) is 0 Å². The normalized spacial score (nSPS) is 13.1. The number of thioether (sulfide) groups is 1. The number of rotatable bonds is 5. The first kappa shape index (κ1) is 12.5. The van der Waals surface area contributed by atoms with Crippen LogP contribution in [0.15, 0.2) is 29.2 Å². The molecule has 84 valence electrons. The van der Waals surface area contributed by atoms with Gasteiger partial charge >= 0.3 is 0 Å². The van der Waals surface area contributed by atoms with Gasteiger partial charge in [-0.25, -0.2) is 8.78 Å². The van der Waals surface area contributed by atoms with Crippen LogP contribution >= 0.6 is 11.8 Å². The van der Waals surface area contributed by atoms with Gasteiger partial charge in [-0.05, 0) is 30.9 Å². The maximum absolute atomic E-state index is 12.0. The fourth-order valence-corrected chi connectivity index (χ4v) is 1.68. The SMILES string of the molecule is CSc1ccc(C(C)NCC(F)F)cc1. The first-order valence-electron chi connectivity index (χ1n) is 4.79. The van der Waals surface area contributed by atoms with Gasteiger partial charge in [0.2, 0.25) is 0 Å². The molecule has 1 aromatic rings. The minimum atomic E-state index is -2.29. The molecule has 1 atom stereocenters. The lowest BCUT2D eigenvalue weighted by Gasteiger charge is -2.14. The maximum atomic E-state index is 12.0. The number of halogens is 2. The zero-order chi connectivity index (χ0) is 11.3. The molecule has 0 saturated carbocycles. The average Bonchev–Trinajstić information content (AvgIpc) is 2.26. The summed E-state index contributed by atoms with van der Waals surface area (Å²) in [4.78, 5) is 1.18. The molecular weight excluding hydrogens is 216 g/mol. The monoisotopic (exact) mass is 231 g/mol. The van der Waals surface area contributed by atoms with Crippen molar-refractivity contribution in [2.24, 2.45) is 0 Å². The molecule has 1 unspecified atom stereocenters. The standard InChI is InChI=1S/C11H15F2NS/c1-8(14-7-11(12)13)9-3-5-10(15-2)6-4-9/h3-6,8,11,14H,7H2,1-2H3. The molecule has 0 aliphatic carbocycles. The van der Waals surface area contributed by atoms with Gasteiger partial charge in [-0.1, -0.05) is 12.1 Å². The number of alkyl halides is 2. The van der Waals surface area contributed by atoms with Crippen molar-refractivity contribution in [3.05, 3.63) is 29.8 Å². The van der Waals surface area contributed by atoms with E-state index in [1.807, 2.05) is 37.4 Å². The summed E-state index contributed by atoms with van der Waals surface area (Å²) >= 11 is 1.67. The average molecular weight is 231 g/mol. The second kappa shape index (κ2) is 6.08. The zero-order valence-electron chi connectivity index (χ0n) is 8.84. The van der Waals surface area contributed by atoms with Gasteiger partial charge in [-0.2, -0.15) is 0 Å². The molecule has 1 rings (SSSR count). The molecule has 0 aliphatic rings. The van der Waals surface area contributed by atoms with Gasteiger partial charge in [0.25, 0.3) is 6.43 Å². The number of hydrogen-bond acceptors (Lipinski definition) is 2. The molecule has 0 fully saturated rings. The molecule has 15 heavy (non-hydrogen) atoms. The topological polar surface area (TPSA) is 12.0 Å². The lowest BCUT2D eigenvalue weighted by molar-refractivity contribution is 0.142. The van der Waals surface area contributed by atoms with Crippen molar-refractivity contribution in [1.82, 2.24) is 5.32 Å². The van der Waals surface area contributed by atoms with Crippen LogP contribution in [0.5, 0.6) is 0 Å². The van der Waals surface area contributed by atoms with Crippen LogP contribution in [0.1, 0.15) is 18.5 Å². The highest BCUT2D eigenvalue weighted by Gasteiger charge is 2.07. The van der Waals surface area contributed by atoms with Crippen molar-refractivity contribution in [1.29, 1.82) is 0 Å². The molecule has 0 heterocycles. The Morgan fingerprint density at radius 3 is 2.33 bits per heavy atom. The largest absolute Gasteiger partial charge is 0.305 e. The Labute approximate surface area is 93.3 Å².